The molecule has 0 aromatic heterocycles. The first-order valence-electron chi connectivity index (χ1n) is 12.9. The first kappa shape index (κ1) is 29.8. The van der Waals surface area contributed by atoms with Gasteiger partial charge in [0.05, 0.1) is 16.2 Å². The van der Waals surface area contributed by atoms with Crippen molar-refractivity contribution in [3.05, 3.63) is 135 Å². The molecule has 4 aromatic rings. The van der Waals surface area contributed by atoms with E-state index >= 15 is 0 Å². The number of nitro groups is 1. The molecule has 0 atom stereocenters. The van der Waals surface area contributed by atoms with Crippen LogP contribution < -0.4 is 16.0 Å². The number of hydrogen-bond acceptors (Lipinski definition) is 6. The number of carbonyl (C=O) groups is 3. The number of para-hydroxylation sites is 1. The summed E-state index contributed by atoms with van der Waals surface area (Å²) in [7, 11) is 0. The number of amides is 3. The topological polar surface area (TPSA) is 130 Å². The van der Waals surface area contributed by atoms with Crippen molar-refractivity contribution in [2.24, 2.45) is 0 Å². The van der Waals surface area contributed by atoms with E-state index in [9.17, 15) is 24.5 Å². The van der Waals surface area contributed by atoms with E-state index in [2.05, 4.69) is 16.0 Å². The van der Waals surface area contributed by atoms with Crippen molar-refractivity contribution in [1.29, 1.82) is 0 Å². The Hall–Kier alpha value is -5.22. The van der Waals surface area contributed by atoms with Gasteiger partial charge in [-0.25, -0.2) is 0 Å². The lowest BCUT2D eigenvalue weighted by atomic mass is 10.1. The Balaban J connectivity index is 1.45. The summed E-state index contributed by atoms with van der Waals surface area (Å²) in [6.45, 7) is 3.90. The normalized spacial score (nSPS) is 11.0. The number of nitrogens with one attached hydrogen (secondary N) is 3. The molecule has 0 spiro atoms. The fraction of sp³-hybridized carbons (Fsp3) is 0.0938. The van der Waals surface area contributed by atoms with Gasteiger partial charge in [-0.05, 0) is 79.6 Å². The van der Waals surface area contributed by atoms with Crippen molar-refractivity contribution >= 4 is 52.6 Å². The van der Waals surface area contributed by atoms with E-state index in [4.69, 9.17) is 0 Å². The number of carbonyl (C=O) groups excluding carboxylic acids is 3. The third kappa shape index (κ3) is 8.15. The first-order chi connectivity index (χ1) is 20.2. The quantitative estimate of drug-likeness (QED) is 0.0867. The first-order valence-corrected chi connectivity index (χ1v) is 13.9. The number of thioether (sulfide) groups is 1. The maximum Gasteiger partial charge on any atom is 0.276 e. The number of anilines is 2. The molecule has 3 N–H and O–H groups in total. The van der Waals surface area contributed by atoms with Crippen molar-refractivity contribution in [2.75, 3.05) is 16.4 Å². The minimum absolute atomic E-state index is 0.134. The Kier molecular flexibility index (Phi) is 9.85. The van der Waals surface area contributed by atoms with E-state index in [1.54, 1.807) is 60.7 Å². The van der Waals surface area contributed by atoms with Crippen molar-refractivity contribution in [3.63, 3.8) is 0 Å². The minimum atomic E-state index is -0.661. The molecule has 0 aliphatic heterocycles. The van der Waals surface area contributed by atoms with Crippen LogP contribution in [0.15, 0.2) is 108 Å². The number of hydrogen-bond donors (Lipinski definition) is 3. The summed E-state index contributed by atoms with van der Waals surface area (Å²) < 4.78 is 0. The van der Waals surface area contributed by atoms with Gasteiger partial charge in [-0.15, -0.1) is 11.8 Å². The summed E-state index contributed by atoms with van der Waals surface area (Å²) in [4.78, 5) is 50.4. The Morgan fingerprint density at radius 1 is 0.857 bits per heavy atom. The highest BCUT2D eigenvalue weighted by Gasteiger charge is 2.18. The van der Waals surface area contributed by atoms with E-state index in [1.807, 2.05) is 32.0 Å². The van der Waals surface area contributed by atoms with Crippen LogP contribution in [0.4, 0.5) is 17.1 Å². The number of nitrogens with zero attached hydrogens (tertiary/aromatic N) is 1. The second-order valence-corrected chi connectivity index (χ2v) is 10.4. The van der Waals surface area contributed by atoms with E-state index < -0.39 is 16.7 Å². The second-order valence-electron chi connectivity index (χ2n) is 9.33. The molecule has 0 fully saturated rings. The lowest BCUT2D eigenvalue weighted by molar-refractivity contribution is -0.385. The maximum atomic E-state index is 13.3. The zero-order valence-corrected chi connectivity index (χ0v) is 23.7. The standard InChI is InChI=1S/C32H28N4O5S/c1-21-12-13-22(2)27(18-21)34-30(37)20-42-26-16-14-25(15-17-26)33-32(39)28(35-31(38)23-8-4-3-5-9-23)19-24-10-6-7-11-29(24)36(40)41/h3-19H,20H2,1-2H3,(H,33,39)(H,34,37)(H,35,38)/b28-19-. The molecule has 0 saturated heterocycles. The van der Waals surface area contributed by atoms with Crippen LogP contribution in [-0.2, 0) is 9.59 Å². The highest BCUT2D eigenvalue weighted by molar-refractivity contribution is 8.00. The summed E-state index contributed by atoms with van der Waals surface area (Å²) in [5.41, 5.74) is 3.36. The Bertz CT molecular complexity index is 1650. The van der Waals surface area contributed by atoms with Gasteiger partial charge in [-0.3, -0.25) is 24.5 Å². The summed E-state index contributed by atoms with van der Waals surface area (Å²) in [5, 5.41) is 19.7. The van der Waals surface area contributed by atoms with Gasteiger partial charge in [0.25, 0.3) is 17.5 Å². The number of aryl methyl sites for hydroxylation is 2. The molecule has 0 radical (unpaired) electrons. The van der Waals surface area contributed by atoms with Crippen LogP contribution in [-0.4, -0.2) is 28.4 Å². The van der Waals surface area contributed by atoms with Crippen molar-refractivity contribution in [1.82, 2.24) is 5.32 Å². The molecule has 9 nitrogen and oxygen atoms in total. The van der Waals surface area contributed by atoms with Gasteiger partial charge in [-0.1, -0.05) is 42.5 Å². The van der Waals surface area contributed by atoms with Gasteiger partial charge < -0.3 is 16.0 Å². The van der Waals surface area contributed by atoms with E-state index in [1.165, 1.54) is 36.0 Å². The summed E-state index contributed by atoms with van der Waals surface area (Å²) in [5.74, 6) is -1.13. The lowest BCUT2D eigenvalue weighted by Gasteiger charge is -2.12. The van der Waals surface area contributed by atoms with Crippen LogP contribution in [0.3, 0.4) is 0 Å². The average Bonchev–Trinajstić information content (AvgIpc) is 2.99. The largest absolute Gasteiger partial charge is 0.325 e. The Morgan fingerprint density at radius 3 is 2.26 bits per heavy atom. The number of nitro benzene ring substituents is 1. The zero-order chi connectivity index (χ0) is 30.1. The predicted octanol–water partition coefficient (Wildman–Crippen LogP) is 6.35. The van der Waals surface area contributed by atoms with Gasteiger partial charge in [0.2, 0.25) is 5.91 Å². The third-order valence-corrected chi connectivity index (χ3v) is 7.12. The highest BCUT2D eigenvalue weighted by atomic mass is 32.2. The molecule has 3 amide bonds. The molecule has 0 aliphatic rings. The zero-order valence-electron chi connectivity index (χ0n) is 22.9. The van der Waals surface area contributed by atoms with Gasteiger partial charge in [0.15, 0.2) is 0 Å². The number of rotatable bonds is 10. The van der Waals surface area contributed by atoms with Crippen LogP contribution >= 0.6 is 11.8 Å². The lowest BCUT2D eigenvalue weighted by Crippen LogP contribution is -2.30. The van der Waals surface area contributed by atoms with E-state index in [0.717, 1.165) is 21.7 Å². The van der Waals surface area contributed by atoms with Crippen LogP contribution in [0.25, 0.3) is 6.08 Å². The predicted molar refractivity (Wildman–Crippen MR) is 165 cm³/mol. The Morgan fingerprint density at radius 2 is 1.55 bits per heavy atom. The van der Waals surface area contributed by atoms with Crippen LogP contribution in [0.5, 0.6) is 0 Å². The summed E-state index contributed by atoms with van der Waals surface area (Å²) in [6, 6.07) is 27.0. The fourth-order valence-corrected chi connectivity index (χ4v) is 4.61. The molecule has 0 bridgehead atoms. The van der Waals surface area contributed by atoms with Crippen LogP contribution in [0, 0.1) is 24.0 Å². The maximum absolute atomic E-state index is 13.3. The van der Waals surface area contributed by atoms with Crippen LogP contribution in [0.2, 0.25) is 0 Å². The molecule has 10 heteroatoms. The summed E-state index contributed by atoms with van der Waals surface area (Å²) >= 11 is 1.35. The molecule has 0 unspecified atom stereocenters. The number of benzene rings is 4. The SMILES string of the molecule is Cc1ccc(C)c(NC(=O)CSc2ccc(NC(=O)/C(=C/c3ccccc3[N+](=O)[O-])NC(=O)c3ccccc3)cc2)c1. The van der Waals surface area contributed by atoms with E-state index in [0.29, 0.717) is 11.3 Å². The van der Waals surface area contributed by atoms with Crippen molar-refractivity contribution in [3.8, 4) is 0 Å². The summed E-state index contributed by atoms with van der Waals surface area (Å²) in [6.07, 6.45) is 1.27. The molecule has 0 saturated carbocycles. The minimum Gasteiger partial charge on any atom is -0.325 e. The molecular weight excluding hydrogens is 552 g/mol. The average molecular weight is 581 g/mol. The van der Waals surface area contributed by atoms with Gasteiger partial charge >= 0.3 is 0 Å². The van der Waals surface area contributed by atoms with Crippen molar-refractivity contribution in [2.45, 2.75) is 18.7 Å². The molecular formula is C32H28N4O5S. The highest BCUT2D eigenvalue weighted by Crippen LogP contribution is 2.24. The second kappa shape index (κ2) is 13.9. The molecule has 4 rings (SSSR count). The molecule has 4 aromatic carbocycles. The third-order valence-electron chi connectivity index (χ3n) is 6.11. The fourth-order valence-electron chi connectivity index (χ4n) is 3.91. The Labute approximate surface area is 247 Å². The molecule has 42 heavy (non-hydrogen) atoms. The van der Waals surface area contributed by atoms with E-state index in [-0.39, 0.29) is 28.6 Å². The van der Waals surface area contributed by atoms with Crippen molar-refractivity contribution < 1.29 is 19.3 Å². The smallest absolute Gasteiger partial charge is 0.276 e. The molecule has 0 heterocycles. The molecule has 212 valence electrons. The monoisotopic (exact) mass is 580 g/mol. The van der Waals surface area contributed by atoms with Gasteiger partial charge in [0, 0.05) is 27.9 Å². The van der Waals surface area contributed by atoms with Gasteiger partial charge in [-0.2, -0.15) is 0 Å². The van der Waals surface area contributed by atoms with Gasteiger partial charge in [0.1, 0.15) is 5.70 Å². The van der Waals surface area contributed by atoms with Crippen LogP contribution in [0.1, 0.15) is 27.0 Å². The molecule has 0 aliphatic carbocycles.